The molecule has 0 amide bonds. The molecular weight excluding hydrogens is 188 g/mol. The summed E-state index contributed by atoms with van der Waals surface area (Å²) >= 11 is 1.46. The largest absolute Gasteiger partial charge is 0.339 e. The van der Waals surface area contributed by atoms with Crippen molar-refractivity contribution in [2.24, 2.45) is 0 Å². The molecule has 0 atom stereocenters. The predicted octanol–water partition coefficient (Wildman–Crippen LogP) is 1.15. The molecule has 13 heavy (non-hydrogen) atoms. The van der Waals surface area contributed by atoms with Crippen LogP contribution in [0.2, 0.25) is 0 Å². The van der Waals surface area contributed by atoms with Gasteiger partial charge in [-0.15, -0.1) is 0 Å². The van der Waals surface area contributed by atoms with Gasteiger partial charge < -0.3 is 4.52 Å². The van der Waals surface area contributed by atoms with E-state index in [0.717, 1.165) is 0 Å². The van der Waals surface area contributed by atoms with Gasteiger partial charge >= 0.3 is 0 Å². The van der Waals surface area contributed by atoms with Gasteiger partial charge in [0.05, 0.1) is 5.75 Å². The standard InChI is InChI=1S/C7H6N4OS/c1-2-8-7(9-3-1)13-4-6-10-5-11-12-6/h1-3,5H,4H2. The van der Waals surface area contributed by atoms with Crippen LogP contribution in [0.15, 0.2) is 34.5 Å². The van der Waals surface area contributed by atoms with Crippen LogP contribution in [0.5, 0.6) is 0 Å². The second-order valence-electron chi connectivity index (χ2n) is 2.16. The van der Waals surface area contributed by atoms with Crippen LogP contribution in [-0.4, -0.2) is 20.1 Å². The number of thioether (sulfide) groups is 1. The van der Waals surface area contributed by atoms with Crippen molar-refractivity contribution in [3.05, 3.63) is 30.7 Å². The summed E-state index contributed by atoms with van der Waals surface area (Å²) in [4.78, 5) is 12.0. The molecule has 0 bridgehead atoms. The molecule has 2 aromatic heterocycles. The third-order valence-corrected chi connectivity index (χ3v) is 2.13. The molecule has 2 aromatic rings. The normalized spacial score (nSPS) is 10.2. The van der Waals surface area contributed by atoms with E-state index >= 15 is 0 Å². The maximum atomic E-state index is 4.82. The maximum absolute atomic E-state index is 4.82. The minimum atomic E-state index is 0.581. The van der Waals surface area contributed by atoms with E-state index in [0.29, 0.717) is 16.8 Å². The van der Waals surface area contributed by atoms with Gasteiger partial charge in [0.2, 0.25) is 5.89 Å². The molecule has 0 radical (unpaired) electrons. The smallest absolute Gasteiger partial charge is 0.236 e. The summed E-state index contributed by atoms with van der Waals surface area (Å²) in [6, 6.07) is 1.77. The third-order valence-electron chi connectivity index (χ3n) is 1.27. The Morgan fingerprint density at radius 3 is 2.77 bits per heavy atom. The van der Waals surface area contributed by atoms with Crippen molar-refractivity contribution in [1.82, 2.24) is 20.1 Å². The van der Waals surface area contributed by atoms with Crippen LogP contribution in [0.25, 0.3) is 0 Å². The van der Waals surface area contributed by atoms with Crippen LogP contribution in [-0.2, 0) is 5.75 Å². The van der Waals surface area contributed by atoms with Crippen molar-refractivity contribution in [3.8, 4) is 0 Å². The quantitative estimate of drug-likeness (QED) is 0.539. The fraction of sp³-hybridized carbons (Fsp3) is 0.143. The van der Waals surface area contributed by atoms with Gasteiger partial charge in [0.1, 0.15) is 0 Å². The SMILES string of the molecule is c1cnc(SCc2ncno2)nc1. The second kappa shape index (κ2) is 3.99. The first kappa shape index (κ1) is 8.18. The van der Waals surface area contributed by atoms with Crippen molar-refractivity contribution in [2.45, 2.75) is 10.9 Å². The first-order valence-electron chi connectivity index (χ1n) is 3.60. The van der Waals surface area contributed by atoms with Gasteiger partial charge in [-0.25, -0.2) is 9.97 Å². The summed E-state index contributed by atoms with van der Waals surface area (Å²) < 4.78 is 4.82. The van der Waals surface area contributed by atoms with Crippen LogP contribution in [0.4, 0.5) is 0 Å². The molecule has 0 unspecified atom stereocenters. The van der Waals surface area contributed by atoms with E-state index < -0.39 is 0 Å². The number of hydrogen-bond donors (Lipinski definition) is 0. The van der Waals surface area contributed by atoms with Gasteiger partial charge in [0.25, 0.3) is 0 Å². The fourth-order valence-electron chi connectivity index (χ4n) is 0.746. The average molecular weight is 194 g/mol. The Hall–Kier alpha value is -1.43. The Kier molecular flexibility index (Phi) is 2.51. The first-order valence-corrected chi connectivity index (χ1v) is 4.59. The van der Waals surface area contributed by atoms with Crippen molar-refractivity contribution in [1.29, 1.82) is 0 Å². The van der Waals surface area contributed by atoms with Crippen molar-refractivity contribution < 1.29 is 4.52 Å². The first-order chi connectivity index (χ1) is 6.45. The van der Waals surface area contributed by atoms with E-state index in [-0.39, 0.29) is 0 Å². The van der Waals surface area contributed by atoms with Crippen LogP contribution >= 0.6 is 11.8 Å². The van der Waals surface area contributed by atoms with E-state index in [9.17, 15) is 0 Å². The summed E-state index contributed by atoms with van der Waals surface area (Å²) in [5.41, 5.74) is 0. The molecule has 0 saturated carbocycles. The molecule has 0 N–H and O–H groups in total. The summed E-state index contributed by atoms with van der Waals surface area (Å²) in [6.07, 6.45) is 4.77. The highest BCUT2D eigenvalue weighted by atomic mass is 32.2. The van der Waals surface area contributed by atoms with Gasteiger partial charge in [0, 0.05) is 12.4 Å². The Bertz CT molecular complexity index is 350. The zero-order valence-corrected chi connectivity index (χ0v) is 7.44. The topological polar surface area (TPSA) is 64.7 Å². The molecule has 0 aliphatic carbocycles. The molecule has 0 aromatic carbocycles. The van der Waals surface area contributed by atoms with Crippen molar-refractivity contribution in [3.63, 3.8) is 0 Å². The molecule has 0 fully saturated rings. The highest BCUT2D eigenvalue weighted by Gasteiger charge is 2.01. The Balaban J connectivity index is 1.94. The molecule has 5 nitrogen and oxygen atoms in total. The zero-order valence-electron chi connectivity index (χ0n) is 6.62. The number of aromatic nitrogens is 4. The van der Waals surface area contributed by atoms with Crippen LogP contribution < -0.4 is 0 Å². The van der Waals surface area contributed by atoms with Gasteiger partial charge in [-0.2, -0.15) is 4.98 Å². The van der Waals surface area contributed by atoms with Crippen LogP contribution in [0, 0.1) is 0 Å². The van der Waals surface area contributed by atoms with Gasteiger partial charge in [0.15, 0.2) is 11.5 Å². The lowest BCUT2D eigenvalue weighted by Crippen LogP contribution is -1.85. The summed E-state index contributed by atoms with van der Waals surface area (Å²) in [5.74, 6) is 1.18. The Morgan fingerprint density at radius 2 is 2.08 bits per heavy atom. The lowest BCUT2D eigenvalue weighted by atomic mass is 10.7. The van der Waals surface area contributed by atoms with E-state index in [4.69, 9.17) is 4.52 Å². The summed E-state index contributed by atoms with van der Waals surface area (Å²) in [7, 11) is 0. The Morgan fingerprint density at radius 1 is 1.23 bits per heavy atom. The Labute approximate surface area is 78.6 Å². The van der Waals surface area contributed by atoms with Crippen molar-refractivity contribution in [2.75, 3.05) is 0 Å². The zero-order chi connectivity index (χ0) is 8.93. The molecule has 2 heterocycles. The van der Waals surface area contributed by atoms with Crippen LogP contribution in [0.1, 0.15) is 5.89 Å². The monoisotopic (exact) mass is 194 g/mol. The predicted molar refractivity (Wildman–Crippen MR) is 45.9 cm³/mol. The molecule has 66 valence electrons. The minimum absolute atomic E-state index is 0.581. The number of rotatable bonds is 3. The van der Waals surface area contributed by atoms with E-state index in [2.05, 4.69) is 20.1 Å². The van der Waals surface area contributed by atoms with E-state index in [1.165, 1.54) is 18.1 Å². The molecular formula is C7H6N4OS. The van der Waals surface area contributed by atoms with E-state index in [1.807, 2.05) is 0 Å². The lowest BCUT2D eigenvalue weighted by molar-refractivity contribution is 0.390. The molecule has 2 rings (SSSR count). The molecule has 6 heteroatoms. The third kappa shape index (κ3) is 2.25. The van der Waals surface area contributed by atoms with Crippen molar-refractivity contribution >= 4 is 11.8 Å². The summed E-state index contributed by atoms with van der Waals surface area (Å²) in [6.45, 7) is 0. The van der Waals surface area contributed by atoms with Gasteiger partial charge in [-0.3, -0.25) is 0 Å². The number of nitrogens with zero attached hydrogens (tertiary/aromatic N) is 4. The molecule has 0 aliphatic rings. The highest BCUT2D eigenvalue weighted by Crippen LogP contribution is 2.15. The minimum Gasteiger partial charge on any atom is -0.339 e. The molecule has 0 aliphatic heterocycles. The molecule has 0 spiro atoms. The van der Waals surface area contributed by atoms with Crippen LogP contribution in [0.3, 0.4) is 0 Å². The highest BCUT2D eigenvalue weighted by molar-refractivity contribution is 7.98. The van der Waals surface area contributed by atoms with E-state index in [1.54, 1.807) is 18.5 Å². The summed E-state index contributed by atoms with van der Waals surface area (Å²) in [5, 5.41) is 4.20. The fourth-order valence-corrected chi connectivity index (χ4v) is 1.40. The number of hydrogen-bond acceptors (Lipinski definition) is 6. The second-order valence-corrected chi connectivity index (χ2v) is 3.10. The lowest BCUT2D eigenvalue weighted by Gasteiger charge is -1.93. The average Bonchev–Trinajstić information content (AvgIpc) is 2.69. The van der Waals surface area contributed by atoms with Gasteiger partial charge in [-0.05, 0) is 6.07 Å². The van der Waals surface area contributed by atoms with Gasteiger partial charge in [-0.1, -0.05) is 16.9 Å². The maximum Gasteiger partial charge on any atom is 0.236 e. The molecule has 0 saturated heterocycles.